The molecular weight excluding hydrogens is 262 g/mol. The van der Waals surface area contributed by atoms with Crippen molar-refractivity contribution in [3.05, 3.63) is 29.3 Å². The van der Waals surface area contributed by atoms with Crippen molar-refractivity contribution >= 4 is 23.6 Å². The van der Waals surface area contributed by atoms with Crippen LogP contribution >= 0.6 is 0 Å². The van der Waals surface area contributed by atoms with Crippen LogP contribution in [0.3, 0.4) is 0 Å². The summed E-state index contributed by atoms with van der Waals surface area (Å²) >= 11 is 0. The number of primary amides is 1. The lowest BCUT2D eigenvalue weighted by Crippen LogP contribution is -2.38. The van der Waals surface area contributed by atoms with E-state index in [2.05, 4.69) is 10.6 Å². The zero-order chi connectivity index (χ0) is 15.3. The predicted octanol–water partition coefficient (Wildman–Crippen LogP) is 1.08. The van der Waals surface area contributed by atoms with E-state index < -0.39 is 23.9 Å². The highest BCUT2D eigenvalue weighted by atomic mass is 16.4. The maximum Gasteiger partial charge on any atom is 0.335 e. The molecule has 1 aromatic rings. The third-order valence-corrected chi connectivity index (χ3v) is 2.62. The average molecular weight is 279 g/mol. The van der Waals surface area contributed by atoms with Crippen molar-refractivity contribution in [1.29, 1.82) is 0 Å². The Morgan fingerprint density at radius 1 is 1.35 bits per heavy atom. The number of aryl methyl sites for hydroxylation is 1. The molecule has 108 valence electrons. The number of carboxylic acids is 1. The molecule has 3 amide bonds. The molecule has 1 atom stereocenters. The van der Waals surface area contributed by atoms with Crippen molar-refractivity contribution in [2.45, 2.75) is 26.3 Å². The Morgan fingerprint density at radius 2 is 2.00 bits per heavy atom. The summed E-state index contributed by atoms with van der Waals surface area (Å²) in [4.78, 5) is 33.3. The summed E-state index contributed by atoms with van der Waals surface area (Å²) in [7, 11) is 0. The van der Waals surface area contributed by atoms with Gasteiger partial charge in [-0.15, -0.1) is 0 Å². The Morgan fingerprint density at radius 3 is 2.55 bits per heavy atom. The van der Waals surface area contributed by atoms with Crippen LogP contribution in [0.4, 0.5) is 10.5 Å². The van der Waals surface area contributed by atoms with E-state index in [1.807, 2.05) is 0 Å². The lowest BCUT2D eigenvalue weighted by molar-refractivity contribution is -0.118. The fourth-order valence-corrected chi connectivity index (χ4v) is 1.62. The highest BCUT2D eigenvalue weighted by Gasteiger charge is 2.12. The van der Waals surface area contributed by atoms with Crippen molar-refractivity contribution < 1.29 is 19.5 Å². The first-order chi connectivity index (χ1) is 9.29. The normalized spacial score (nSPS) is 11.5. The molecule has 0 heterocycles. The van der Waals surface area contributed by atoms with Crippen LogP contribution in [0.15, 0.2) is 18.2 Å². The maximum absolute atomic E-state index is 11.7. The molecule has 0 aliphatic rings. The number of benzene rings is 1. The van der Waals surface area contributed by atoms with E-state index in [1.165, 1.54) is 12.1 Å². The van der Waals surface area contributed by atoms with Crippen LogP contribution in [0.5, 0.6) is 0 Å². The molecule has 0 saturated carbocycles. The largest absolute Gasteiger partial charge is 0.478 e. The lowest BCUT2D eigenvalue weighted by atomic mass is 10.1. The van der Waals surface area contributed by atoms with E-state index in [9.17, 15) is 14.4 Å². The summed E-state index contributed by atoms with van der Waals surface area (Å²) in [5.41, 5.74) is 6.23. The summed E-state index contributed by atoms with van der Waals surface area (Å²) in [6.07, 6.45) is 0.0293. The molecule has 0 spiro atoms. The minimum atomic E-state index is -1.07. The number of carbonyl (C=O) groups is 3. The van der Waals surface area contributed by atoms with Crippen LogP contribution in [0.2, 0.25) is 0 Å². The van der Waals surface area contributed by atoms with Crippen LogP contribution in [0.1, 0.15) is 29.3 Å². The monoisotopic (exact) mass is 279 g/mol. The second-order valence-corrected chi connectivity index (χ2v) is 4.50. The van der Waals surface area contributed by atoms with Gasteiger partial charge in [0.25, 0.3) is 0 Å². The summed E-state index contributed by atoms with van der Waals surface area (Å²) in [5.74, 6) is -1.59. The molecule has 20 heavy (non-hydrogen) atoms. The summed E-state index contributed by atoms with van der Waals surface area (Å²) in [6.45, 7) is 3.39. The molecule has 1 unspecified atom stereocenters. The van der Waals surface area contributed by atoms with Gasteiger partial charge in [-0.2, -0.15) is 0 Å². The molecule has 0 bridgehead atoms. The number of hydrogen-bond acceptors (Lipinski definition) is 3. The van der Waals surface area contributed by atoms with Crippen molar-refractivity contribution in [3.8, 4) is 0 Å². The molecule has 0 fully saturated rings. The van der Waals surface area contributed by atoms with E-state index >= 15 is 0 Å². The molecule has 7 nitrogen and oxygen atoms in total. The van der Waals surface area contributed by atoms with Gasteiger partial charge < -0.3 is 21.5 Å². The molecule has 0 radical (unpaired) electrons. The number of aromatic carboxylic acids is 1. The van der Waals surface area contributed by atoms with Crippen LogP contribution in [-0.4, -0.2) is 29.1 Å². The van der Waals surface area contributed by atoms with Gasteiger partial charge in [0.2, 0.25) is 5.91 Å². The van der Waals surface area contributed by atoms with Gasteiger partial charge >= 0.3 is 12.0 Å². The highest BCUT2D eigenvalue weighted by Crippen LogP contribution is 2.16. The summed E-state index contributed by atoms with van der Waals surface area (Å²) in [6, 6.07) is 3.50. The maximum atomic E-state index is 11.7. The Balaban J connectivity index is 2.72. The van der Waals surface area contributed by atoms with Crippen LogP contribution < -0.4 is 16.4 Å². The number of anilines is 1. The number of rotatable bonds is 5. The number of amides is 3. The number of hydrogen-bond donors (Lipinski definition) is 4. The number of carbonyl (C=O) groups excluding carboxylic acids is 2. The third-order valence-electron chi connectivity index (χ3n) is 2.62. The Hall–Kier alpha value is -2.57. The van der Waals surface area contributed by atoms with Gasteiger partial charge in [0.1, 0.15) is 0 Å². The van der Waals surface area contributed by atoms with Crippen molar-refractivity contribution in [1.82, 2.24) is 5.32 Å². The van der Waals surface area contributed by atoms with Crippen LogP contribution in [0, 0.1) is 6.92 Å². The second-order valence-electron chi connectivity index (χ2n) is 4.50. The van der Waals surface area contributed by atoms with Crippen molar-refractivity contribution in [2.24, 2.45) is 5.73 Å². The average Bonchev–Trinajstić information content (AvgIpc) is 2.30. The SMILES string of the molecule is Cc1ccc(C(=O)O)cc1NC(=O)NC(C)CC(N)=O. The summed E-state index contributed by atoms with van der Waals surface area (Å²) in [5, 5.41) is 14.0. The van der Waals surface area contributed by atoms with Gasteiger partial charge in [-0.25, -0.2) is 9.59 Å². The van der Waals surface area contributed by atoms with Crippen molar-refractivity contribution in [3.63, 3.8) is 0 Å². The number of carboxylic acid groups (broad SMARTS) is 1. The molecule has 1 rings (SSSR count). The first-order valence-corrected chi connectivity index (χ1v) is 5.99. The Labute approximate surface area is 116 Å². The quantitative estimate of drug-likeness (QED) is 0.644. The number of urea groups is 1. The standard InChI is InChI=1S/C13H17N3O4/c1-7-3-4-9(12(18)19)6-10(7)16-13(20)15-8(2)5-11(14)17/h3-4,6,8H,5H2,1-2H3,(H2,14,17)(H,18,19)(H2,15,16,20). The van der Waals surface area contributed by atoms with E-state index in [0.717, 1.165) is 5.56 Å². The van der Waals surface area contributed by atoms with Gasteiger partial charge in [0.15, 0.2) is 0 Å². The van der Waals surface area contributed by atoms with Crippen molar-refractivity contribution in [2.75, 3.05) is 5.32 Å². The van der Waals surface area contributed by atoms with E-state index in [1.54, 1.807) is 19.9 Å². The fourth-order valence-electron chi connectivity index (χ4n) is 1.62. The molecule has 0 aliphatic heterocycles. The zero-order valence-corrected chi connectivity index (χ0v) is 11.3. The van der Waals surface area contributed by atoms with E-state index in [4.69, 9.17) is 10.8 Å². The van der Waals surface area contributed by atoms with Crippen LogP contribution in [0.25, 0.3) is 0 Å². The summed E-state index contributed by atoms with van der Waals surface area (Å²) < 4.78 is 0. The molecule has 0 aliphatic carbocycles. The zero-order valence-electron chi connectivity index (χ0n) is 11.3. The number of nitrogens with one attached hydrogen (secondary N) is 2. The predicted molar refractivity (Wildman–Crippen MR) is 73.6 cm³/mol. The van der Waals surface area contributed by atoms with Gasteiger partial charge in [-0.1, -0.05) is 6.07 Å². The van der Waals surface area contributed by atoms with Gasteiger partial charge in [0, 0.05) is 18.2 Å². The molecule has 5 N–H and O–H groups in total. The number of nitrogens with two attached hydrogens (primary N) is 1. The van der Waals surface area contributed by atoms with Crippen LogP contribution in [-0.2, 0) is 4.79 Å². The minimum Gasteiger partial charge on any atom is -0.478 e. The minimum absolute atomic E-state index is 0.0293. The highest BCUT2D eigenvalue weighted by molar-refractivity contribution is 5.94. The topological polar surface area (TPSA) is 122 Å². The molecule has 1 aromatic carbocycles. The molecule has 0 saturated heterocycles. The smallest absolute Gasteiger partial charge is 0.335 e. The van der Waals surface area contributed by atoms with Gasteiger partial charge in [0.05, 0.1) is 5.56 Å². The lowest BCUT2D eigenvalue weighted by Gasteiger charge is -2.14. The Bertz CT molecular complexity index is 542. The second kappa shape index (κ2) is 6.55. The Kier molecular flexibility index (Phi) is 5.08. The van der Waals surface area contributed by atoms with Gasteiger partial charge in [-0.3, -0.25) is 4.79 Å². The fraction of sp³-hybridized carbons (Fsp3) is 0.308. The van der Waals surface area contributed by atoms with E-state index in [-0.39, 0.29) is 12.0 Å². The first kappa shape index (κ1) is 15.5. The molecule has 0 aromatic heterocycles. The molecule has 7 heteroatoms. The third kappa shape index (κ3) is 4.60. The van der Waals surface area contributed by atoms with Gasteiger partial charge in [-0.05, 0) is 31.5 Å². The van der Waals surface area contributed by atoms with E-state index in [0.29, 0.717) is 5.69 Å². The first-order valence-electron chi connectivity index (χ1n) is 5.99. The molecular formula is C13H17N3O4.